The monoisotopic (exact) mass is 305 g/mol. The van der Waals surface area contributed by atoms with Gasteiger partial charge in [-0.25, -0.2) is 0 Å². The summed E-state index contributed by atoms with van der Waals surface area (Å²) in [7, 11) is 0. The molecular formula is C13H18F3N3O2. The summed E-state index contributed by atoms with van der Waals surface area (Å²) in [5.41, 5.74) is -1.27. The third-order valence-corrected chi connectivity index (χ3v) is 2.96. The van der Waals surface area contributed by atoms with Gasteiger partial charge in [-0.05, 0) is 12.1 Å². The zero-order valence-corrected chi connectivity index (χ0v) is 11.9. The summed E-state index contributed by atoms with van der Waals surface area (Å²) in [6, 6.07) is 2.65. The van der Waals surface area contributed by atoms with Crippen LogP contribution in [0, 0.1) is 10.1 Å². The van der Waals surface area contributed by atoms with Crippen molar-refractivity contribution < 1.29 is 18.1 Å². The van der Waals surface area contributed by atoms with Crippen molar-refractivity contribution >= 4 is 11.4 Å². The van der Waals surface area contributed by atoms with Crippen LogP contribution in [0.1, 0.15) is 19.4 Å². The third-order valence-electron chi connectivity index (χ3n) is 2.96. The normalized spacial score (nSPS) is 15.2. The Kier molecular flexibility index (Phi) is 5.95. The van der Waals surface area contributed by atoms with Gasteiger partial charge in [-0.2, -0.15) is 13.2 Å². The lowest BCUT2D eigenvalue weighted by atomic mass is 10.1. The van der Waals surface area contributed by atoms with Gasteiger partial charge in [0, 0.05) is 32.2 Å². The minimum atomic E-state index is -4.58. The van der Waals surface area contributed by atoms with E-state index >= 15 is 0 Å². The minimum Gasteiger partial charge on any atom is -0.363 e. The van der Waals surface area contributed by atoms with E-state index < -0.39 is 22.4 Å². The Morgan fingerprint density at radius 1 is 1.24 bits per heavy atom. The lowest BCUT2D eigenvalue weighted by Gasteiger charge is -2.29. The molecule has 0 amide bonds. The molecule has 0 atom stereocenters. The van der Waals surface area contributed by atoms with E-state index in [9.17, 15) is 23.3 Å². The zero-order chi connectivity index (χ0) is 16.0. The topological polar surface area (TPSA) is 58.4 Å². The van der Waals surface area contributed by atoms with Gasteiger partial charge >= 0.3 is 6.18 Å². The van der Waals surface area contributed by atoms with Crippen LogP contribution >= 0.6 is 0 Å². The van der Waals surface area contributed by atoms with Gasteiger partial charge in [-0.15, -0.1) is 0 Å². The van der Waals surface area contributed by atoms with Gasteiger partial charge in [-0.1, -0.05) is 13.8 Å². The number of nitro benzene ring substituents is 1. The summed E-state index contributed by atoms with van der Waals surface area (Å²) < 4.78 is 37.7. The summed E-state index contributed by atoms with van der Waals surface area (Å²) in [4.78, 5) is 11.9. The van der Waals surface area contributed by atoms with E-state index in [1.165, 1.54) is 6.07 Å². The molecule has 0 bridgehead atoms. The van der Waals surface area contributed by atoms with Crippen LogP contribution in [0.2, 0.25) is 0 Å². The van der Waals surface area contributed by atoms with Gasteiger partial charge in [0.2, 0.25) is 0 Å². The fraction of sp³-hybridized carbons (Fsp3) is 0.538. The number of halogens is 3. The third kappa shape index (κ3) is 4.32. The Balaban J connectivity index is 0.00000106. The average Bonchev–Trinajstić information content (AvgIpc) is 2.48. The number of nitro groups is 1. The lowest BCUT2D eigenvalue weighted by molar-refractivity contribution is -0.384. The lowest BCUT2D eigenvalue weighted by Crippen LogP contribution is -2.43. The Hall–Kier alpha value is -1.83. The second-order valence-corrected chi connectivity index (χ2v) is 4.20. The summed E-state index contributed by atoms with van der Waals surface area (Å²) in [6.45, 7) is 6.37. The predicted molar refractivity (Wildman–Crippen MR) is 74.5 cm³/mol. The van der Waals surface area contributed by atoms with E-state index in [2.05, 4.69) is 5.32 Å². The predicted octanol–water partition coefficient (Wildman–Crippen LogP) is 3.05. The summed E-state index contributed by atoms with van der Waals surface area (Å²) in [5.74, 6) is 0. The molecule has 8 heteroatoms. The molecule has 1 N–H and O–H groups in total. The van der Waals surface area contributed by atoms with Crippen molar-refractivity contribution in [3.05, 3.63) is 33.9 Å². The van der Waals surface area contributed by atoms with Crippen molar-refractivity contribution in [2.45, 2.75) is 20.0 Å². The summed E-state index contributed by atoms with van der Waals surface area (Å²) in [6.07, 6.45) is -4.58. The molecule has 0 radical (unpaired) electrons. The first-order chi connectivity index (χ1) is 9.89. The number of rotatable bonds is 2. The SMILES string of the molecule is CC.O=[N+]([O-])c1cc(C(F)(F)F)ccc1N1CCNCC1. The molecule has 118 valence electrons. The van der Waals surface area contributed by atoms with E-state index in [-0.39, 0.29) is 5.69 Å². The Labute approximate surface area is 120 Å². The van der Waals surface area contributed by atoms with E-state index in [0.717, 1.165) is 6.07 Å². The first-order valence-corrected chi connectivity index (χ1v) is 6.71. The first-order valence-electron chi connectivity index (χ1n) is 6.71. The van der Waals surface area contributed by atoms with Gasteiger partial charge in [0.05, 0.1) is 10.5 Å². The van der Waals surface area contributed by atoms with Crippen LogP contribution in [-0.2, 0) is 6.18 Å². The number of hydrogen-bond donors (Lipinski definition) is 1. The van der Waals surface area contributed by atoms with Crippen LogP contribution < -0.4 is 10.2 Å². The van der Waals surface area contributed by atoms with Gasteiger partial charge in [0.1, 0.15) is 5.69 Å². The number of nitrogens with one attached hydrogen (secondary N) is 1. The second-order valence-electron chi connectivity index (χ2n) is 4.20. The molecule has 0 aromatic heterocycles. The van der Waals surface area contributed by atoms with Gasteiger partial charge in [0.15, 0.2) is 0 Å². The van der Waals surface area contributed by atoms with Crippen molar-refractivity contribution in [3.8, 4) is 0 Å². The molecule has 1 aliphatic rings. The quantitative estimate of drug-likeness (QED) is 0.674. The van der Waals surface area contributed by atoms with Crippen molar-refractivity contribution in [2.24, 2.45) is 0 Å². The zero-order valence-electron chi connectivity index (χ0n) is 11.9. The highest BCUT2D eigenvalue weighted by molar-refractivity contribution is 5.65. The van der Waals surface area contributed by atoms with Crippen molar-refractivity contribution in [3.63, 3.8) is 0 Å². The fourth-order valence-corrected chi connectivity index (χ4v) is 2.02. The molecular weight excluding hydrogens is 287 g/mol. The van der Waals surface area contributed by atoms with Crippen molar-refractivity contribution in [2.75, 3.05) is 31.1 Å². The highest BCUT2D eigenvalue weighted by atomic mass is 19.4. The molecule has 5 nitrogen and oxygen atoms in total. The number of nitrogens with zero attached hydrogens (tertiary/aromatic N) is 2. The molecule has 1 aromatic rings. The largest absolute Gasteiger partial charge is 0.416 e. The molecule has 0 spiro atoms. The van der Waals surface area contributed by atoms with Gasteiger partial charge in [-0.3, -0.25) is 10.1 Å². The van der Waals surface area contributed by atoms with E-state index in [1.807, 2.05) is 13.8 Å². The van der Waals surface area contributed by atoms with E-state index in [4.69, 9.17) is 0 Å². The number of anilines is 1. The van der Waals surface area contributed by atoms with Crippen LogP contribution in [0.4, 0.5) is 24.5 Å². The number of alkyl halides is 3. The maximum atomic E-state index is 12.6. The molecule has 2 rings (SSSR count). The molecule has 21 heavy (non-hydrogen) atoms. The minimum absolute atomic E-state index is 0.236. The van der Waals surface area contributed by atoms with E-state index in [0.29, 0.717) is 32.2 Å². The first kappa shape index (κ1) is 17.2. The maximum Gasteiger partial charge on any atom is 0.416 e. The Morgan fingerprint density at radius 3 is 2.29 bits per heavy atom. The van der Waals surface area contributed by atoms with Crippen LogP contribution in [0.25, 0.3) is 0 Å². The fourth-order valence-electron chi connectivity index (χ4n) is 2.02. The Morgan fingerprint density at radius 2 is 1.81 bits per heavy atom. The molecule has 0 saturated carbocycles. The van der Waals surface area contributed by atoms with Gasteiger partial charge in [0.25, 0.3) is 5.69 Å². The second kappa shape index (κ2) is 7.26. The molecule has 1 aliphatic heterocycles. The number of benzene rings is 1. The number of piperazine rings is 1. The highest BCUT2D eigenvalue weighted by Gasteiger charge is 2.33. The molecule has 0 unspecified atom stereocenters. The Bertz CT molecular complexity index is 486. The van der Waals surface area contributed by atoms with Crippen LogP contribution in [0.15, 0.2) is 18.2 Å². The highest BCUT2D eigenvalue weighted by Crippen LogP contribution is 2.36. The maximum absolute atomic E-state index is 12.6. The molecule has 1 fully saturated rings. The van der Waals surface area contributed by atoms with Crippen molar-refractivity contribution in [1.29, 1.82) is 0 Å². The van der Waals surface area contributed by atoms with Crippen LogP contribution in [-0.4, -0.2) is 31.1 Å². The average molecular weight is 305 g/mol. The molecule has 1 aromatic carbocycles. The number of hydrogen-bond acceptors (Lipinski definition) is 4. The molecule has 1 saturated heterocycles. The van der Waals surface area contributed by atoms with Crippen molar-refractivity contribution in [1.82, 2.24) is 5.32 Å². The van der Waals surface area contributed by atoms with Crippen LogP contribution in [0.3, 0.4) is 0 Å². The van der Waals surface area contributed by atoms with Gasteiger partial charge < -0.3 is 10.2 Å². The summed E-state index contributed by atoms with van der Waals surface area (Å²) >= 11 is 0. The molecule has 1 heterocycles. The molecule has 0 aliphatic carbocycles. The summed E-state index contributed by atoms with van der Waals surface area (Å²) in [5, 5.41) is 14.0. The van der Waals surface area contributed by atoms with Crippen LogP contribution in [0.5, 0.6) is 0 Å². The van der Waals surface area contributed by atoms with E-state index in [1.54, 1.807) is 4.90 Å². The standard InChI is InChI=1S/C11H12F3N3O2.C2H6/c12-11(13,14)8-1-2-9(10(7-8)17(18)19)16-5-3-15-4-6-16;1-2/h1-2,7,15H,3-6H2;1-2H3. The smallest absolute Gasteiger partial charge is 0.363 e.